The van der Waals surface area contributed by atoms with Gasteiger partial charge in [-0.15, -0.1) is 11.3 Å². The second-order valence-electron chi connectivity index (χ2n) is 6.73. The molecule has 0 fully saturated rings. The van der Waals surface area contributed by atoms with Gasteiger partial charge >= 0.3 is 0 Å². The molecule has 0 saturated heterocycles. The topological polar surface area (TPSA) is 58.8 Å². The fourth-order valence-corrected chi connectivity index (χ4v) is 4.08. The summed E-state index contributed by atoms with van der Waals surface area (Å²) in [5.41, 5.74) is 4.89. The average molecular weight is 432 g/mol. The molecule has 0 amide bonds. The third-order valence-corrected chi connectivity index (χ3v) is 5.75. The first-order valence-electron chi connectivity index (χ1n) is 9.45. The van der Waals surface area contributed by atoms with Gasteiger partial charge in [-0.05, 0) is 61.9 Å². The largest absolute Gasteiger partial charge is 0.494 e. The molecule has 4 aromatic rings. The maximum absolute atomic E-state index is 9.72. The third-order valence-electron chi connectivity index (χ3n) is 4.57. The van der Waals surface area contributed by atoms with Crippen molar-refractivity contribution in [1.82, 2.24) is 9.97 Å². The minimum Gasteiger partial charge on any atom is -0.494 e. The summed E-state index contributed by atoms with van der Waals surface area (Å²) in [4.78, 5) is 9.13. The standard InChI is InChI=1S/C24H18ClN3OS/c1-3-29-20-8-6-16(7-9-20)22-14-30-24(28-22)19(13-26)12-18-11-17-5-4-15(2)10-21(17)27-23(18)25/h4-12,14H,3H2,1-2H3. The molecule has 4 rings (SSSR count). The first-order valence-corrected chi connectivity index (χ1v) is 10.7. The molecule has 2 aromatic heterocycles. The number of hydrogen-bond donors (Lipinski definition) is 0. The van der Waals surface area contributed by atoms with Gasteiger partial charge in [0.25, 0.3) is 0 Å². The summed E-state index contributed by atoms with van der Waals surface area (Å²) < 4.78 is 5.48. The van der Waals surface area contributed by atoms with Crippen LogP contribution in [-0.4, -0.2) is 16.6 Å². The van der Waals surface area contributed by atoms with Crippen LogP contribution in [0.1, 0.15) is 23.1 Å². The number of nitrogens with zero attached hydrogens (tertiary/aromatic N) is 3. The van der Waals surface area contributed by atoms with Crippen LogP contribution >= 0.6 is 22.9 Å². The molecular formula is C24H18ClN3OS. The van der Waals surface area contributed by atoms with Gasteiger partial charge in [-0.2, -0.15) is 5.26 Å². The van der Waals surface area contributed by atoms with Crippen LogP contribution in [0.2, 0.25) is 5.15 Å². The number of nitriles is 1. The maximum atomic E-state index is 9.72. The minimum atomic E-state index is 0.365. The highest BCUT2D eigenvalue weighted by molar-refractivity contribution is 7.11. The van der Waals surface area contributed by atoms with Crippen LogP contribution in [0.15, 0.2) is 53.9 Å². The number of pyridine rings is 1. The van der Waals surface area contributed by atoms with Crippen molar-refractivity contribution in [2.75, 3.05) is 6.61 Å². The van der Waals surface area contributed by atoms with E-state index in [1.165, 1.54) is 11.3 Å². The SMILES string of the molecule is CCOc1ccc(-c2csc(C(C#N)=Cc3cc4ccc(C)cc4nc3Cl)n2)cc1. The van der Waals surface area contributed by atoms with E-state index in [4.69, 9.17) is 16.3 Å². The number of fused-ring (bicyclic) bond motifs is 1. The highest BCUT2D eigenvalue weighted by atomic mass is 35.5. The summed E-state index contributed by atoms with van der Waals surface area (Å²) >= 11 is 7.82. The predicted octanol–water partition coefficient (Wildman–Crippen LogP) is 6.78. The van der Waals surface area contributed by atoms with E-state index in [2.05, 4.69) is 16.0 Å². The van der Waals surface area contributed by atoms with Gasteiger partial charge in [0.1, 0.15) is 22.0 Å². The van der Waals surface area contributed by atoms with Crippen LogP contribution in [-0.2, 0) is 0 Å². The summed E-state index contributed by atoms with van der Waals surface area (Å²) in [6, 6.07) is 18.0. The van der Waals surface area contributed by atoms with E-state index in [0.717, 1.165) is 33.5 Å². The quantitative estimate of drug-likeness (QED) is 0.258. The van der Waals surface area contributed by atoms with Crippen molar-refractivity contribution in [3.63, 3.8) is 0 Å². The molecule has 0 N–H and O–H groups in total. The number of aryl methyl sites for hydroxylation is 1. The summed E-state index contributed by atoms with van der Waals surface area (Å²) in [6.07, 6.45) is 1.75. The molecule has 4 nitrogen and oxygen atoms in total. The zero-order chi connectivity index (χ0) is 21.1. The summed E-state index contributed by atoms with van der Waals surface area (Å²) in [6.45, 7) is 4.60. The Morgan fingerprint density at radius 2 is 1.97 bits per heavy atom. The normalized spacial score (nSPS) is 11.5. The lowest BCUT2D eigenvalue weighted by molar-refractivity contribution is 0.340. The zero-order valence-corrected chi connectivity index (χ0v) is 18.1. The Morgan fingerprint density at radius 1 is 1.17 bits per heavy atom. The van der Waals surface area contributed by atoms with E-state index in [9.17, 15) is 5.26 Å². The third kappa shape index (κ3) is 4.20. The minimum absolute atomic E-state index is 0.365. The molecule has 0 aliphatic rings. The van der Waals surface area contributed by atoms with Crippen LogP contribution < -0.4 is 4.74 Å². The zero-order valence-electron chi connectivity index (χ0n) is 16.5. The fraction of sp³-hybridized carbons (Fsp3) is 0.125. The van der Waals surface area contributed by atoms with Crippen molar-refractivity contribution in [3.05, 3.63) is 75.2 Å². The number of thiazole rings is 1. The molecule has 0 saturated carbocycles. The Bertz CT molecular complexity index is 1290. The van der Waals surface area contributed by atoms with Gasteiger partial charge in [-0.3, -0.25) is 0 Å². The van der Waals surface area contributed by atoms with Crippen molar-refractivity contribution >= 4 is 45.5 Å². The van der Waals surface area contributed by atoms with Crippen molar-refractivity contribution in [1.29, 1.82) is 5.26 Å². The second kappa shape index (κ2) is 8.66. The first kappa shape index (κ1) is 20.1. The molecule has 148 valence electrons. The van der Waals surface area contributed by atoms with Gasteiger partial charge in [-0.25, -0.2) is 9.97 Å². The number of allylic oxidation sites excluding steroid dienone is 1. The van der Waals surface area contributed by atoms with E-state index in [1.807, 2.05) is 67.8 Å². The summed E-state index contributed by atoms with van der Waals surface area (Å²) in [5, 5.41) is 13.6. The van der Waals surface area contributed by atoms with Gasteiger partial charge in [0.05, 0.1) is 23.4 Å². The van der Waals surface area contributed by atoms with Crippen molar-refractivity contribution in [2.45, 2.75) is 13.8 Å². The average Bonchev–Trinajstić information content (AvgIpc) is 3.23. The van der Waals surface area contributed by atoms with Crippen LogP contribution in [0.5, 0.6) is 5.75 Å². The van der Waals surface area contributed by atoms with E-state index in [1.54, 1.807) is 6.08 Å². The van der Waals surface area contributed by atoms with Crippen molar-refractivity contribution < 1.29 is 4.74 Å². The number of benzene rings is 2. The van der Waals surface area contributed by atoms with Crippen LogP contribution in [0.3, 0.4) is 0 Å². The monoisotopic (exact) mass is 431 g/mol. The lowest BCUT2D eigenvalue weighted by atomic mass is 10.1. The fourth-order valence-electron chi connectivity index (χ4n) is 3.09. The molecule has 0 aliphatic carbocycles. The number of hydrogen-bond acceptors (Lipinski definition) is 5. The van der Waals surface area contributed by atoms with Crippen molar-refractivity contribution in [2.24, 2.45) is 0 Å². The first-order chi connectivity index (χ1) is 14.6. The number of halogens is 1. The van der Waals surface area contributed by atoms with E-state index >= 15 is 0 Å². The van der Waals surface area contributed by atoms with Gasteiger partial charge in [0, 0.05) is 21.9 Å². The van der Waals surface area contributed by atoms with E-state index < -0.39 is 0 Å². The van der Waals surface area contributed by atoms with E-state index in [0.29, 0.717) is 27.9 Å². The molecule has 2 heterocycles. The molecule has 0 bridgehead atoms. The smallest absolute Gasteiger partial charge is 0.137 e. The Morgan fingerprint density at radius 3 is 2.70 bits per heavy atom. The molecule has 30 heavy (non-hydrogen) atoms. The maximum Gasteiger partial charge on any atom is 0.137 e. The molecule has 0 aliphatic heterocycles. The molecule has 6 heteroatoms. The lowest BCUT2D eigenvalue weighted by Gasteiger charge is -2.04. The molecule has 0 atom stereocenters. The van der Waals surface area contributed by atoms with Gasteiger partial charge < -0.3 is 4.74 Å². The van der Waals surface area contributed by atoms with Gasteiger partial charge in [0.2, 0.25) is 0 Å². The number of aromatic nitrogens is 2. The summed E-state index contributed by atoms with van der Waals surface area (Å²) in [7, 11) is 0. The molecule has 0 spiro atoms. The number of ether oxygens (including phenoxy) is 1. The molecular weight excluding hydrogens is 414 g/mol. The number of rotatable bonds is 5. The van der Waals surface area contributed by atoms with Crippen LogP contribution in [0.4, 0.5) is 0 Å². The highest BCUT2D eigenvalue weighted by Crippen LogP contribution is 2.30. The Hall–Kier alpha value is -3.20. The van der Waals surface area contributed by atoms with Crippen molar-refractivity contribution in [3.8, 4) is 23.1 Å². The van der Waals surface area contributed by atoms with Crippen LogP contribution in [0.25, 0.3) is 33.8 Å². The Kier molecular flexibility index (Phi) is 5.80. The summed E-state index contributed by atoms with van der Waals surface area (Å²) in [5.74, 6) is 0.822. The van der Waals surface area contributed by atoms with Gasteiger partial charge in [0.15, 0.2) is 0 Å². The van der Waals surface area contributed by atoms with Crippen LogP contribution in [0, 0.1) is 18.3 Å². The predicted molar refractivity (Wildman–Crippen MR) is 124 cm³/mol. The Balaban J connectivity index is 1.67. The molecule has 0 unspecified atom stereocenters. The molecule has 0 radical (unpaired) electrons. The lowest BCUT2D eigenvalue weighted by Crippen LogP contribution is -1.90. The van der Waals surface area contributed by atoms with Gasteiger partial charge in [-0.1, -0.05) is 23.7 Å². The second-order valence-corrected chi connectivity index (χ2v) is 7.95. The van der Waals surface area contributed by atoms with E-state index in [-0.39, 0.29) is 0 Å². The Labute approximate surface area is 184 Å². The highest BCUT2D eigenvalue weighted by Gasteiger charge is 2.11. The molecule has 2 aromatic carbocycles.